The van der Waals surface area contributed by atoms with Gasteiger partial charge in [0.1, 0.15) is 5.75 Å². The predicted molar refractivity (Wildman–Crippen MR) is 58.6 cm³/mol. The number of methoxy groups -OCH3 is 1. The van der Waals surface area contributed by atoms with E-state index in [-0.39, 0.29) is 0 Å². The Hall–Kier alpha value is -1.83. The monoisotopic (exact) mass is 188 g/mol. The van der Waals surface area contributed by atoms with Crippen LogP contribution >= 0.6 is 0 Å². The Kier molecular flexibility index (Phi) is 3.24. The van der Waals surface area contributed by atoms with E-state index >= 15 is 0 Å². The van der Waals surface area contributed by atoms with E-state index in [1.807, 2.05) is 0 Å². The van der Waals surface area contributed by atoms with Crippen molar-refractivity contribution in [3.05, 3.63) is 42.0 Å². The van der Waals surface area contributed by atoms with Crippen LogP contribution in [0.25, 0.3) is 12.2 Å². The molecule has 0 aromatic heterocycles. The van der Waals surface area contributed by atoms with Crippen molar-refractivity contribution >= 4 is 18.4 Å². The maximum Gasteiger partial charge on any atom is 0.150 e. The summed E-state index contributed by atoms with van der Waals surface area (Å²) in [5, 5.41) is 0. The van der Waals surface area contributed by atoms with Crippen molar-refractivity contribution < 1.29 is 9.53 Å². The summed E-state index contributed by atoms with van der Waals surface area (Å²) in [4.78, 5) is 10.7. The molecule has 0 aliphatic heterocycles. The van der Waals surface area contributed by atoms with E-state index in [0.717, 1.165) is 17.4 Å². The topological polar surface area (TPSA) is 26.3 Å². The first-order chi connectivity index (χ1) is 6.76. The van der Waals surface area contributed by atoms with Gasteiger partial charge < -0.3 is 4.74 Å². The molecule has 0 aliphatic carbocycles. The fourth-order valence-electron chi connectivity index (χ4n) is 1.25. The van der Waals surface area contributed by atoms with E-state index in [0.29, 0.717) is 11.3 Å². The van der Waals surface area contributed by atoms with Crippen LogP contribution in [-0.4, -0.2) is 13.4 Å². The van der Waals surface area contributed by atoms with Crippen LogP contribution < -0.4 is 4.74 Å². The Morgan fingerprint density at radius 2 is 1.79 bits per heavy atom. The molecule has 0 bridgehead atoms. The standard InChI is InChI=1S/C12H12O2/c1-4-9-7-12(14-3)10(5-2)6-11(9)8-13/h4-8H,1-2H2,3H3. The zero-order valence-corrected chi connectivity index (χ0v) is 8.12. The highest BCUT2D eigenvalue weighted by atomic mass is 16.5. The lowest BCUT2D eigenvalue weighted by Gasteiger charge is -2.07. The number of aldehydes is 1. The summed E-state index contributed by atoms with van der Waals surface area (Å²) < 4.78 is 5.14. The molecular weight excluding hydrogens is 176 g/mol. The minimum Gasteiger partial charge on any atom is -0.496 e. The number of rotatable bonds is 4. The van der Waals surface area contributed by atoms with Crippen LogP contribution in [0, 0.1) is 0 Å². The van der Waals surface area contributed by atoms with Crippen LogP contribution in [0.3, 0.4) is 0 Å². The summed E-state index contributed by atoms with van der Waals surface area (Å²) in [5.41, 5.74) is 2.17. The van der Waals surface area contributed by atoms with Gasteiger partial charge in [-0.15, -0.1) is 0 Å². The molecule has 1 aromatic rings. The van der Waals surface area contributed by atoms with Gasteiger partial charge in [-0.25, -0.2) is 0 Å². The van der Waals surface area contributed by atoms with Crippen molar-refractivity contribution in [2.24, 2.45) is 0 Å². The quantitative estimate of drug-likeness (QED) is 0.679. The van der Waals surface area contributed by atoms with Gasteiger partial charge in [-0.1, -0.05) is 25.3 Å². The summed E-state index contributed by atoms with van der Waals surface area (Å²) in [6, 6.07) is 3.50. The normalized spacial score (nSPS) is 9.21. The number of ether oxygens (including phenoxy) is 1. The van der Waals surface area contributed by atoms with Crippen molar-refractivity contribution in [1.29, 1.82) is 0 Å². The average Bonchev–Trinajstić information content (AvgIpc) is 2.26. The zero-order chi connectivity index (χ0) is 10.6. The molecule has 0 unspecified atom stereocenters. The molecule has 1 aromatic carbocycles. The minimum absolute atomic E-state index is 0.593. The molecular formula is C12H12O2. The van der Waals surface area contributed by atoms with Crippen LogP contribution in [0.4, 0.5) is 0 Å². The highest BCUT2D eigenvalue weighted by Crippen LogP contribution is 2.24. The summed E-state index contributed by atoms with van der Waals surface area (Å²) in [5.74, 6) is 0.695. The second-order valence-electron chi connectivity index (χ2n) is 2.75. The number of benzene rings is 1. The predicted octanol–water partition coefficient (Wildman–Crippen LogP) is 2.79. The first kappa shape index (κ1) is 10.3. The lowest BCUT2D eigenvalue weighted by molar-refractivity contribution is 0.112. The second kappa shape index (κ2) is 4.42. The summed E-state index contributed by atoms with van der Waals surface area (Å²) in [6.45, 7) is 7.28. The smallest absolute Gasteiger partial charge is 0.150 e. The van der Waals surface area contributed by atoms with Crippen LogP contribution in [-0.2, 0) is 0 Å². The van der Waals surface area contributed by atoms with E-state index < -0.39 is 0 Å². The molecule has 0 atom stereocenters. The van der Waals surface area contributed by atoms with Gasteiger partial charge in [-0.3, -0.25) is 4.79 Å². The fourth-order valence-corrected chi connectivity index (χ4v) is 1.25. The number of carbonyl (C=O) groups excluding carboxylic acids is 1. The van der Waals surface area contributed by atoms with Crippen molar-refractivity contribution in [3.8, 4) is 5.75 Å². The summed E-state index contributed by atoms with van der Waals surface area (Å²) in [6.07, 6.45) is 4.07. The van der Waals surface area contributed by atoms with Gasteiger partial charge in [-0.2, -0.15) is 0 Å². The molecule has 0 N–H and O–H groups in total. The number of hydrogen-bond donors (Lipinski definition) is 0. The van der Waals surface area contributed by atoms with E-state index in [2.05, 4.69) is 13.2 Å². The maximum atomic E-state index is 10.7. The third kappa shape index (κ3) is 1.74. The third-order valence-corrected chi connectivity index (χ3v) is 2.00. The highest BCUT2D eigenvalue weighted by molar-refractivity contribution is 5.84. The van der Waals surface area contributed by atoms with Crippen molar-refractivity contribution in [2.75, 3.05) is 7.11 Å². The zero-order valence-electron chi connectivity index (χ0n) is 8.12. The van der Waals surface area contributed by atoms with Crippen molar-refractivity contribution in [3.63, 3.8) is 0 Å². The van der Waals surface area contributed by atoms with Gasteiger partial charge in [0, 0.05) is 11.1 Å². The number of hydrogen-bond acceptors (Lipinski definition) is 2. The van der Waals surface area contributed by atoms with E-state index in [4.69, 9.17) is 4.74 Å². The molecule has 0 saturated heterocycles. The van der Waals surface area contributed by atoms with Gasteiger partial charge in [0.25, 0.3) is 0 Å². The molecule has 0 aliphatic rings. The SMILES string of the molecule is C=Cc1cc(OC)c(C=C)cc1C=O. The van der Waals surface area contributed by atoms with Crippen LogP contribution in [0.1, 0.15) is 21.5 Å². The molecule has 2 heteroatoms. The Morgan fingerprint density at radius 3 is 2.21 bits per heavy atom. The molecule has 0 saturated carbocycles. The average molecular weight is 188 g/mol. The third-order valence-electron chi connectivity index (χ3n) is 2.00. The Morgan fingerprint density at radius 1 is 1.14 bits per heavy atom. The fraction of sp³-hybridized carbons (Fsp3) is 0.0833. The van der Waals surface area contributed by atoms with Gasteiger partial charge in [0.05, 0.1) is 7.11 Å². The summed E-state index contributed by atoms with van der Waals surface area (Å²) >= 11 is 0. The second-order valence-corrected chi connectivity index (χ2v) is 2.75. The van der Waals surface area contributed by atoms with Crippen LogP contribution in [0.2, 0.25) is 0 Å². The lowest BCUT2D eigenvalue weighted by Crippen LogP contribution is -1.93. The first-order valence-corrected chi connectivity index (χ1v) is 4.19. The summed E-state index contributed by atoms with van der Waals surface area (Å²) in [7, 11) is 1.58. The molecule has 0 spiro atoms. The van der Waals surface area contributed by atoms with Crippen LogP contribution in [0.5, 0.6) is 5.75 Å². The van der Waals surface area contributed by atoms with Crippen LogP contribution in [0.15, 0.2) is 25.3 Å². The molecule has 0 amide bonds. The Labute approximate surface area is 83.5 Å². The molecule has 0 radical (unpaired) electrons. The van der Waals surface area contributed by atoms with Gasteiger partial charge >= 0.3 is 0 Å². The van der Waals surface area contributed by atoms with E-state index in [1.165, 1.54) is 0 Å². The molecule has 2 nitrogen and oxygen atoms in total. The van der Waals surface area contributed by atoms with Crippen molar-refractivity contribution in [1.82, 2.24) is 0 Å². The lowest BCUT2D eigenvalue weighted by atomic mass is 10.0. The van der Waals surface area contributed by atoms with E-state index in [1.54, 1.807) is 31.4 Å². The number of carbonyl (C=O) groups is 1. The minimum atomic E-state index is 0.593. The molecule has 14 heavy (non-hydrogen) atoms. The molecule has 0 heterocycles. The van der Waals surface area contributed by atoms with Gasteiger partial charge in [-0.05, 0) is 17.7 Å². The maximum absolute atomic E-state index is 10.7. The van der Waals surface area contributed by atoms with Gasteiger partial charge in [0.2, 0.25) is 0 Å². The molecule has 1 rings (SSSR count). The molecule has 72 valence electrons. The molecule has 0 fully saturated rings. The highest BCUT2D eigenvalue weighted by Gasteiger charge is 2.05. The first-order valence-electron chi connectivity index (χ1n) is 4.19. The van der Waals surface area contributed by atoms with Gasteiger partial charge in [0.15, 0.2) is 6.29 Å². The van der Waals surface area contributed by atoms with Crippen molar-refractivity contribution in [2.45, 2.75) is 0 Å². The van der Waals surface area contributed by atoms with E-state index in [9.17, 15) is 4.79 Å². The Balaban J connectivity index is 3.41. The Bertz CT molecular complexity index is 378. The largest absolute Gasteiger partial charge is 0.496 e.